The summed E-state index contributed by atoms with van der Waals surface area (Å²) in [5.74, 6) is -1.85. The average molecular weight is 313 g/mol. The minimum atomic E-state index is -1.69. The van der Waals surface area contributed by atoms with Crippen molar-refractivity contribution in [3.8, 4) is 0 Å². The van der Waals surface area contributed by atoms with E-state index in [1.54, 1.807) is 24.3 Å². The van der Waals surface area contributed by atoms with Crippen molar-refractivity contribution in [2.45, 2.75) is 25.0 Å². The molecule has 120 valence electrons. The number of carboxylic acid groups (broad SMARTS) is 1. The third-order valence-corrected chi connectivity index (χ3v) is 3.49. The predicted molar refractivity (Wildman–Crippen MR) is 85.6 cm³/mol. The Kier molecular flexibility index (Phi) is 5.49. The zero-order chi connectivity index (χ0) is 16.7. The molecule has 0 saturated heterocycles. The van der Waals surface area contributed by atoms with E-state index < -0.39 is 17.5 Å². The Labute approximate surface area is 134 Å². The number of aliphatic carboxylic acids is 1. The summed E-state index contributed by atoms with van der Waals surface area (Å²) < 4.78 is 5.13. The second-order valence-corrected chi connectivity index (χ2v) is 5.45. The van der Waals surface area contributed by atoms with E-state index in [0.717, 1.165) is 11.1 Å². The fourth-order valence-corrected chi connectivity index (χ4v) is 2.22. The number of carbonyl (C=O) groups is 2. The normalized spacial score (nSPS) is 13.1. The van der Waals surface area contributed by atoms with Crippen LogP contribution in [0.5, 0.6) is 0 Å². The summed E-state index contributed by atoms with van der Waals surface area (Å²) >= 11 is 0. The van der Waals surface area contributed by atoms with Gasteiger partial charge in [0.15, 0.2) is 0 Å². The second-order valence-electron chi connectivity index (χ2n) is 5.45. The molecular formula is C18H19NO4. The van der Waals surface area contributed by atoms with Gasteiger partial charge in [-0.05, 0) is 11.1 Å². The van der Waals surface area contributed by atoms with Gasteiger partial charge < -0.3 is 15.6 Å². The number of rotatable bonds is 7. The minimum Gasteiger partial charge on any atom is -0.480 e. The molecule has 0 unspecified atom stereocenters. The minimum absolute atomic E-state index is 0.0591. The van der Waals surface area contributed by atoms with Crippen LogP contribution in [0.25, 0.3) is 0 Å². The van der Waals surface area contributed by atoms with Crippen molar-refractivity contribution >= 4 is 11.9 Å². The number of esters is 1. The van der Waals surface area contributed by atoms with Gasteiger partial charge in [0.1, 0.15) is 12.1 Å². The molecule has 23 heavy (non-hydrogen) atoms. The third-order valence-electron chi connectivity index (χ3n) is 3.49. The number of benzene rings is 2. The Balaban J connectivity index is 1.98. The summed E-state index contributed by atoms with van der Waals surface area (Å²) in [6.07, 6.45) is -0.326. The summed E-state index contributed by atoms with van der Waals surface area (Å²) in [4.78, 5) is 23.5. The van der Waals surface area contributed by atoms with Crippen LogP contribution in [0.15, 0.2) is 60.7 Å². The highest BCUT2D eigenvalue weighted by atomic mass is 16.5. The lowest BCUT2D eigenvalue weighted by molar-refractivity contribution is -0.153. The zero-order valence-corrected chi connectivity index (χ0v) is 12.6. The van der Waals surface area contributed by atoms with Crippen LogP contribution in [0, 0.1) is 0 Å². The lowest BCUT2D eigenvalue weighted by atomic mass is 9.88. The molecule has 0 saturated carbocycles. The van der Waals surface area contributed by atoms with Crippen molar-refractivity contribution in [3.05, 3.63) is 71.8 Å². The molecule has 5 nitrogen and oxygen atoms in total. The van der Waals surface area contributed by atoms with E-state index >= 15 is 0 Å². The highest BCUT2D eigenvalue weighted by Crippen LogP contribution is 2.17. The third kappa shape index (κ3) is 4.93. The fourth-order valence-electron chi connectivity index (χ4n) is 2.22. The van der Waals surface area contributed by atoms with Gasteiger partial charge in [-0.15, -0.1) is 0 Å². The molecule has 2 aromatic carbocycles. The fraction of sp³-hybridized carbons (Fsp3) is 0.222. The van der Waals surface area contributed by atoms with Gasteiger partial charge in [-0.3, -0.25) is 9.59 Å². The van der Waals surface area contributed by atoms with Gasteiger partial charge in [0, 0.05) is 6.42 Å². The number of hydrogen-bond donors (Lipinski definition) is 2. The van der Waals surface area contributed by atoms with Crippen LogP contribution in [0.2, 0.25) is 0 Å². The van der Waals surface area contributed by atoms with Crippen LogP contribution in [0.1, 0.15) is 17.5 Å². The molecule has 0 fully saturated rings. The van der Waals surface area contributed by atoms with Gasteiger partial charge in [0.25, 0.3) is 0 Å². The highest BCUT2D eigenvalue weighted by molar-refractivity contribution is 5.85. The van der Waals surface area contributed by atoms with Crippen molar-refractivity contribution in [2.75, 3.05) is 0 Å². The summed E-state index contributed by atoms with van der Waals surface area (Å²) in [5.41, 5.74) is 5.85. The van der Waals surface area contributed by atoms with Crippen molar-refractivity contribution in [3.63, 3.8) is 0 Å². The lowest BCUT2D eigenvalue weighted by Gasteiger charge is -2.23. The maximum absolute atomic E-state index is 12.0. The van der Waals surface area contributed by atoms with Crippen LogP contribution in [0.3, 0.4) is 0 Å². The van der Waals surface area contributed by atoms with E-state index in [1.807, 2.05) is 36.4 Å². The van der Waals surface area contributed by atoms with Gasteiger partial charge in [0.05, 0.1) is 6.42 Å². The molecule has 2 aromatic rings. The van der Waals surface area contributed by atoms with E-state index in [9.17, 15) is 14.7 Å². The van der Waals surface area contributed by atoms with Crippen LogP contribution in [-0.4, -0.2) is 22.6 Å². The first-order valence-electron chi connectivity index (χ1n) is 7.25. The first kappa shape index (κ1) is 16.7. The number of ether oxygens (including phenoxy) is 1. The summed E-state index contributed by atoms with van der Waals surface area (Å²) in [5, 5.41) is 9.40. The van der Waals surface area contributed by atoms with Crippen LogP contribution < -0.4 is 5.73 Å². The quantitative estimate of drug-likeness (QED) is 0.764. The Morgan fingerprint density at radius 2 is 1.48 bits per heavy atom. The van der Waals surface area contributed by atoms with E-state index in [1.165, 1.54) is 0 Å². The van der Waals surface area contributed by atoms with Gasteiger partial charge in [-0.2, -0.15) is 0 Å². The van der Waals surface area contributed by atoms with Crippen LogP contribution in [0.4, 0.5) is 0 Å². The van der Waals surface area contributed by atoms with Gasteiger partial charge in [-0.1, -0.05) is 60.7 Å². The smallest absolute Gasteiger partial charge is 0.324 e. The van der Waals surface area contributed by atoms with Crippen LogP contribution >= 0.6 is 0 Å². The molecule has 0 aliphatic carbocycles. The maximum Gasteiger partial charge on any atom is 0.324 e. The molecule has 0 heterocycles. The topological polar surface area (TPSA) is 89.6 Å². The standard InChI is InChI=1S/C18H19NO4/c19-18(17(21)22,11-14-7-3-1-4-8-14)12-16(20)23-13-15-9-5-2-6-10-15/h1-10H,11-13,19H2,(H,21,22)/t18-/m0/s1. The Morgan fingerprint density at radius 1 is 0.957 bits per heavy atom. The number of carboxylic acids is 1. The molecular weight excluding hydrogens is 294 g/mol. The monoisotopic (exact) mass is 313 g/mol. The molecule has 0 spiro atoms. The first-order valence-corrected chi connectivity index (χ1v) is 7.25. The van der Waals surface area contributed by atoms with Gasteiger partial charge in [-0.25, -0.2) is 0 Å². The van der Waals surface area contributed by atoms with Gasteiger partial charge >= 0.3 is 11.9 Å². The van der Waals surface area contributed by atoms with Crippen molar-refractivity contribution in [1.29, 1.82) is 0 Å². The summed E-state index contributed by atoms with van der Waals surface area (Å²) in [7, 11) is 0. The highest BCUT2D eigenvalue weighted by Gasteiger charge is 2.37. The molecule has 0 bridgehead atoms. The van der Waals surface area contributed by atoms with Crippen molar-refractivity contribution < 1.29 is 19.4 Å². The van der Waals surface area contributed by atoms with Crippen LogP contribution in [-0.2, 0) is 27.4 Å². The second kappa shape index (κ2) is 7.56. The Hall–Kier alpha value is -2.66. The summed E-state index contributed by atoms with van der Waals surface area (Å²) in [6.45, 7) is 0.0979. The van der Waals surface area contributed by atoms with Crippen molar-refractivity contribution in [2.24, 2.45) is 5.73 Å². The molecule has 0 radical (unpaired) electrons. The maximum atomic E-state index is 12.0. The number of carbonyl (C=O) groups excluding carboxylic acids is 1. The van der Waals surface area contributed by atoms with Crippen molar-refractivity contribution in [1.82, 2.24) is 0 Å². The zero-order valence-electron chi connectivity index (χ0n) is 12.6. The lowest BCUT2D eigenvalue weighted by Crippen LogP contribution is -2.51. The SMILES string of the molecule is N[C@](CC(=O)OCc1ccccc1)(Cc1ccccc1)C(=O)O. The van der Waals surface area contributed by atoms with E-state index in [2.05, 4.69) is 0 Å². The summed E-state index contributed by atoms with van der Waals surface area (Å²) in [6, 6.07) is 18.2. The molecule has 0 aromatic heterocycles. The predicted octanol–water partition coefficient (Wildman–Crippen LogP) is 2.14. The molecule has 5 heteroatoms. The first-order chi connectivity index (χ1) is 11.0. The molecule has 0 aliphatic rings. The largest absolute Gasteiger partial charge is 0.480 e. The average Bonchev–Trinajstić information content (AvgIpc) is 2.54. The molecule has 0 aliphatic heterocycles. The van der Waals surface area contributed by atoms with E-state index in [4.69, 9.17) is 10.5 Å². The molecule has 3 N–H and O–H groups in total. The molecule has 0 amide bonds. The Bertz CT molecular complexity index is 657. The molecule has 2 rings (SSSR count). The van der Waals surface area contributed by atoms with Gasteiger partial charge in [0.2, 0.25) is 0 Å². The van der Waals surface area contributed by atoms with E-state index in [0.29, 0.717) is 0 Å². The Morgan fingerprint density at radius 3 is 2.00 bits per heavy atom. The molecule has 1 atom stereocenters. The number of nitrogens with two attached hydrogens (primary N) is 1. The number of hydrogen-bond acceptors (Lipinski definition) is 4. The van der Waals surface area contributed by atoms with E-state index in [-0.39, 0.29) is 19.4 Å².